The molecule has 16 heavy (non-hydrogen) atoms. The Labute approximate surface area is 94.6 Å². The minimum Gasteiger partial charge on any atom is -0.232 e. The van der Waals surface area contributed by atoms with Gasteiger partial charge in [-0.2, -0.15) is 13.2 Å². The Hall–Kier alpha value is -1.36. The Balaban J connectivity index is 2.35. The fraction of sp³-hybridized carbons (Fsp3) is 0.182. The highest BCUT2D eigenvalue weighted by molar-refractivity contribution is 7.10. The third-order valence-electron chi connectivity index (χ3n) is 2.09. The summed E-state index contributed by atoms with van der Waals surface area (Å²) in [6, 6.07) is 7.24. The van der Waals surface area contributed by atoms with Crippen LogP contribution < -0.4 is 0 Å². The molecule has 1 nitrogen and oxygen atoms in total. The van der Waals surface area contributed by atoms with Crippen LogP contribution in [0.5, 0.6) is 0 Å². The smallest absolute Gasteiger partial charge is 0.232 e. The summed E-state index contributed by atoms with van der Waals surface area (Å²) in [6.07, 6.45) is -4.35. The first-order valence-corrected chi connectivity index (χ1v) is 5.44. The SMILES string of the molecule is Cc1ccc(-c2csc(C(F)(F)F)n2)cc1. The monoisotopic (exact) mass is 243 g/mol. The topological polar surface area (TPSA) is 12.9 Å². The number of hydrogen-bond acceptors (Lipinski definition) is 2. The first kappa shape index (κ1) is 11.1. The molecular weight excluding hydrogens is 235 g/mol. The Morgan fingerprint density at radius 2 is 1.75 bits per heavy atom. The fourth-order valence-electron chi connectivity index (χ4n) is 1.26. The van der Waals surface area contributed by atoms with Crippen LogP contribution in [0.25, 0.3) is 11.3 Å². The number of halogens is 3. The van der Waals surface area contributed by atoms with Crippen molar-refractivity contribution >= 4 is 11.3 Å². The van der Waals surface area contributed by atoms with E-state index < -0.39 is 11.2 Å². The molecule has 0 unspecified atom stereocenters. The van der Waals surface area contributed by atoms with Crippen molar-refractivity contribution in [3.05, 3.63) is 40.2 Å². The summed E-state index contributed by atoms with van der Waals surface area (Å²) in [5.41, 5.74) is 2.14. The number of aromatic nitrogens is 1. The molecule has 0 saturated heterocycles. The zero-order valence-electron chi connectivity index (χ0n) is 8.38. The number of hydrogen-bond donors (Lipinski definition) is 0. The van der Waals surface area contributed by atoms with E-state index in [0.29, 0.717) is 22.6 Å². The van der Waals surface area contributed by atoms with Crippen LogP contribution >= 0.6 is 11.3 Å². The molecule has 0 radical (unpaired) electrons. The molecule has 0 N–H and O–H groups in total. The van der Waals surface area contributed by atoms with Gasteiger partial charge in [-0.1, -0.05) is 29.8 Å². The molecule has 1 aromatic heterocycles. The van der Waals surface area contributed by atoms with Crippen LogP contribution in [-0.4, -0.2) is 4.98 Å². The zero-order chi connectivity index (χ0) is 11.8. The Kier molecular flexibility index (Phi) is 2.71. The van der Waals surface area contributed by atoms with E-state index in [9.17, 15) is 13.2 Å². The van der Waals surface area contributed by atoms with Crippen molar-refractivity contribution in [2.75, 3.05) is 0 Å². The molecule has 2 rings (SSSR count). The van der Waals surface area contributed by atoms with Gasteiger partial charge >= 0.3 is 6.18 Å². The molecule has 1 heterocycles. The number of rotatable bonds is 1. The maximum absolute atomic E-state index is 12.3. The Morgan fingerprint density at radius 1 is 1.12 bits per heavy atom. The van der Waals surface area contributed by atoms with Crippen LogP contribution in [0, 0.1) is 6.92 Å². The normalized spacial score (nSPS) is 11.8. The Bertz CT molecular complexity index is 485. The van der Waals surface area contributed by atoms with E-state index in [1.807, 2.05) is 19.1 Å². The molecule has 0 aliphatic heterocycles. The van der Waals surface area contributed by atoms with Gasteiger partial charge in [-0.05, 0) is 6.92 Å². The predicted molar refractivity (Wildman–Crippen MR) is 57.3 cm³/mol. The van der Waals surface area contributed by atoms with Crippen LogP contribution in [0.3, 0.4) is 0 Å². The lowest BCUT2D eigenvalue weighted by molar-refractivity contribution is -0.137. The molecule has 5 heteroatoms. The van der Waals surface area contributed by atoms with Gasteiger partial charge in [0, 0.05) is 10.9 Å². The van der Waals surface area contributed by atoms with E-state index in [1.54, 1.807) is 12.1 Å². The molecule has 1 aromatic carbocycles. The molecule has 2 aromatic rings. The van der Waals surface area contributed by atoms with Crippen molar-refractivity contribution in [1.82, 2.24) is 4.98 Å². The molecule has 0 saturated carbocycles. The minimum absolute atomic E-state index is 0.373. The van der Waals surface area contributed by atoms with Crippen molar-refractivity contribution in [2.24, 2.45) is 0 Å². The molecule has 0 atom stereocenters. The van der Waals surface area contributed by atoms with E-state index in [-0.39, 0.29) is 0 Å². The number of nitrogens with zero attached hydrogens (tertiary/aromatic N) is 1. The van der Waals surface area contributed by atoms with Gasteiger partial charge in [0.2, 0.25) is 0 Å². The largest absolute Gasteiger partial charge is 0.443 e. The van der Waals surface area contributed by atoms with Gasteiger partial charge in [0.25, 0.3) is 0 Å². The molecule has 0 spiro atoms. The van der Waals surface area contributed by atoms with Crippen molar-refractivity contribution in [1.29, 1.82) is 0 Å². The Morgan fingerprint density at radius 3 is 2.25 bits per heavy atom. The van der Waals surface area contributed by atoms with Gasteiger partial charge in [0.1, 0.15) is 0 Å². The average Bonchev–Trinajstić information content (AvgIpc) is 2.67. The molecular formula is C11H8F3NS. The number of alkyl halides is 3. The van der Waals surface area contributed by atoms with Gasteiger partial charge in [0.05, 0.1) is 5.69 Å². The van der Waals surface area contributed by atoms with E-state index in [0.717, 1.165) is 5.56 Å². The summed E-state index contributed by atoms with van der Waals surface area (Å²) in [5.74, 6) is 0. The third-order valence-corrected chi connectivity index (χ3v) is 2.98. The van der Waals surface area contributed by atoms with Crippen LogP contribution in [-0.2, 0) is 6.18 Å². The average molecular weight is 243 g/mol. The molecule has 0 amide bonds. The molecule has 84 valence electrons. The van der Waals surface area contributed by atoms with Gasteiger partial charge < -0.3 is 0 Å². The van der Waals surface area contributed by atoms with E-state index in [2.05, 4.69) is 4.98 Å². The second-order valence-corrected chi connectivity index (χ2v) is 4.26. The lowest BCUT2D eigenvalue weighted by Crippen LogP contribution is -2.03. The van der Waals surface area contributed by atoms with Gasteiger partial charge in [-0.3, -0.25) is 0 Å². The number of benzene rings is 1. The quantitative estimate of drug-likeness (QED) is 0.733. The maximum Gasteiger partial charge on any atom is 0.443 e. The molecule has 0 aliphatic carbocycles. The summed E-state index contributed by atoms with van der Waals surface area (Å²) in [5, 5.41) is 0.621. The van der Waals surface area contributed by atoms with Gasteiger partial charge in [0.15, 0.2) is 5.01 Å². The van der Waals surface area contributed by atoms with Crippen LogP contribution in [0.15, 0.2) is 29.6 Å². The summed E-state index contributed by atoms with van der Waals surface area (Å²) >= 11 is 0.619. The van der Waals surface area contributed by atoms with Crippen molar-refractivity contribution in [3.63, 3.8) is 0 Å². The van der Waals surface area contributed by atoms with Crippen molar-refractivity contribution in [3.8, 4) is 11.3 Å². The number of aryl methyl sites for hydroxylation is 1. The second kappa shape index (κ2) is 3.90. The zero-order valence-corrected chi connectivity index (χ0v) is 9.19. The lowest BCUT2D eigenvalue weighted by atomic mass is 10.1. The lowest BCUT2D eigenvalue weighted by Gasteiger charge is -2.00. The second-order valence-electron chi connectivity index (χ2n) is 3.40. The summed E-state index contributed by atoms with van der Waals surface area (Å²) in [6.45, 7) is 1.92. The van der Waals surface area contributed by atoms with Crippen molar-refractivity contribution < 1.29 is 13.2 Å². The fourth-order valence-corrected chi connectivity index (χ4v) is 1.96. The van der Waals surface area contributed by atoms with E-state index >= 15 is 0 Å². The highest BCUT2D eigenvalue weighted by atomic mass is 32.1. The predicted octanol–water partition coefficient (Wildman–Crippen LogP) is 4.14. The van der Waals surface area contributed by atoms with E-state index in [1.165, 1.54) is 5.38 Å². The standard InChI is InChI=1S/C11H8F3NS/c1-7-2-4-8(5-3-7)9-6-16-10(15-9)11(12,13)14/h2-6H,1H3. The molecule has 0 fully saturated rings. The summed E-state index contributed by atoms with van der Waals surface area (Å²) in [7, 11) is 0. The minimum atomic E-state index is -4.35. The highest BCUT2D eigenvalue weighted by Crippen LogP contribution is 2.34. The first-order valence-electron chi connectivity index (χ1n) is 4.56. The van der Waals surface area contributed by atoms with Crippen molar-refractivity contribution in [2.45, 2.75) is 13.1 Å². The highest BCUT2D eigenvalue weighted by Gasteiger charge is 2.34. The van der Waals surface area contributed by atoms with Gasteiger partial charge in [-0.25, -0.2) is 4.98 Å². The number of thiazole rings is 1. The summed E-state index contributed by atoms with van der Waals surface area (Å²) in [4.78, 5) is 3.57. The van der Waals surface area contributed by atoms with Crippen LogP contribution in [0.2, 0.25) is 0 Å². The molecule has 0 bridgehead atoms. The maximum atomic E-state index is 12.3. The summed E-state index contributed by atoms with van der Waals surface area (Å²) < 4.78 is 37.0. The van der Waals surface area contributed by atoms with Crippen LogP contribution in [0.4, 0.5) is 13.2 Å². The first-order chi connectivity index (χ1) is 7.47. The van der Waals surface area contributed by atoms with Crippen LogP contribution in [0.1, 0.15) is 10.6 Å². The molecule has 0 aliphatic rings. The third kappa shape index (κ3) is 2.24. The van der Waals surface area contributed by atoms with E-state index in [4.69, 9.17) is 0 Å². The van der Waals surface area contributed by atoms with Gasteiger partial charge in [-0.15, -0.1) is 11.3 Å².